The van der Waals surface area contributed by atoms with Crippen molar-refractivity contribution in [3.05, 3.63) is 59.7 Å². The molecule has 1 amide bonds. The smallest absolute Gasteiger partial charge is 0.414 e. The Morgan fingerprint density at radius 1 is 1.06 bits per heavy atom. The molecule has 0 spiro atoms. The van der Waals surface area contributed by atoms with Gasteiger partial charge in [0.15, 0.2) is 0 Å². The molecule has 0 unspecified atom stereocenters. The molecular weight excluding hydrogens is 430 g/mol. The average molecular weight is 468 g/mol. The fourth-order valence-electron chi connectivity index (χ4n) is 5.82. The van der Waals surface area contributed by atoms with Crippen LogP contribution in [0.15, 0.2) is 48.5 Å². The van der Waals surface area contributed by atoms with Crippen LogP contribution in [0.3, 0.4) is 0 Å². The lowest BCUT2D eigenvalue weighted by atomic mass is 9.65. The molecular formula is C28H37NO5. The van der Waals surface area contributed by atoms with Crippen LogP contribution >= 0.6 is 0 Å². The van der Waals surface area contributed by atoms with Crippen molar-refractivity contribution in [2.24, 2.45) is 11.8 Å². The Labute approximate surface area is 202 Å². The van der Waals surface area contributed by atoms with E-state index in [0.29, 0.717) is 31.4 Å². The number of cyclic esters (lactones) is 1. The van der Waals surface area contributed by atoms with E-state index in [4.69, 9.17) is 14.2 Å². The lowest BCUT2D eigenvalue weighted by Gasteiger charge is -2.38. The molecule has 2 saturated heterocycles. The lowest BCUT2D eigenvalue weighted by Crippen LogP contribution is -2.38. The number of aryl methyl sites for hydroxylation is 1. The SMILES string of the molecule is COc1ccc(C(C)(C)[C@@H]2[C@@H](C)[C@@H](CCc3ccc(N4CCOC4=O)cc3)O[C@H]2CCO)cc1. The van der Waals surface area contributed by atoms with Crippen molar-refractivity contribution < 1.29 is 24.1 Å². The zero-order chi connectivity index (χ0) is 24.3. The summed E-state index contributed by atoms with van der Waals surface area (Å²) in [6.45, 7) is 8.03. The van der Waals surface area contributed by atoms with Crippen LogP contribution in [0, 0.1) is 11.8 Å². The number of rotatable bonds is 9. The zero-order valence-electron chi connectivity index (χ0n) is 20.7. The quantitative estimate of drug-likeness (QED) is 0.564. The third-order valence-corrected chi connectivity index (χ3v) is 7.71. The Morgan fingerprint density at radius 3 is 2.35 bits per heavy atom. The number of ether oxygens (including phenoxy) is 3. The maximum atomic E-state index is 11.8. The van der Waals surface area contributed by atoms with Crippen LogP contribution in [0.25, 0.3) is 0 Å². The molecule has 1 N–H and O–H groups in total. The number of aliphatic hydroxyl groups is 1. The number of anilines is 1. The van der Waals surface area contributed by atoms with E-state index in [1.54, 1.807) is 12.0 Å². The molecule has 4 atom stereocenters. The number of hydrogen-bond donors (Lipinski definition) is 1. The van der Waals surface area contributed by atoms with Crippen molar-refractivity contribution in [1.29, 1.82) is 0 Å². The van der Waals surface area contributed by atoms with Crippen LogP contribution in [0.5, 0.6) is 5.75 Å². The predicted octanol–water partition coefficient (Wildman–Crippen LogP) is 4.96. The van der Waals surface area contributed by atoms with Crippen LogP contribution in [0.4, 0.5) is 10.5 Å². The van der Waals surface area contributed by atoms with Gasteiger partial charge in [-0.1, -0.05) is 45.0 Å². The first kappa shape index (κ1) is 24.6. The zero-order valence-corrected chi connectivity index (χ0v) is 20.7. The molecule has 2 aromatic rings. The summed E-state index contributed by atoms with van der Waals surface area (Å²) in [6.07, 6.45) is 2.34. The normalized spacial score (nSPS) is 25.0. The van der Waals surface area contributed by atoms with Crippen molar-refractivity contribution in [1.82, 2.24) is 0 Å². The number of nitrogens with zero attached hydrogens (tertiary/aromatic N) is 1. The molecule has 0 saturated carbocycles. The molecule has 6 nitrogen and oxygen atoms in total. The van der Waals surface area contributed by atoms with Gasteiger partial charge < -0.3 is 19.3 Å². The van der Waals surface area contributed by atoms with Crippen LogP contribution < -0.4 is 9.64 Å². The number of amides is 1. The van der Waals surface area contributed by atoms with Gasteiger partial charge in [-0.25, -0.2) is 4.79 Å². The van der Waals surface area contributed by atoms with E-state index in [-0.39, 0.29) is 30.3 Å². The highest BCUT2D eigenvalue weighted by Gasteiger charge is 2.49. The molecule has 2 aromatic carbocycles. The van der Waals surface area contributed by atoms with Gasteiger partial charge in [0.05, 0.1) is 25.9 Å². The van der Waals surface area contributed by atoms with Crippen molar-refractivity contribution >= 4 is 11.8 Å². The number of methoxy groups -OCH3 is 1. The standard InChI is InChI=1S/C28H37NO5/c1-19-24(14-7-20-5-10-22(11-6-20)29-16-18-33-27(29)31)34-25(15-17-30)26(19)28(2,3)21-8-12-23(32-4)13-9-21/h5-6,8-13,19,24-26,30H,7,14-18H2,1-4H3/t19-,24+,25-,26+/m0/s1. The number of benzene rings is 2. The molecule has 0 radical (unpaired) electrons. The lowest BCUT2D eigenvalue weighted by molar-refractivity contribution is 0.00629. The van der Waals surface area contributed by atoms with Gasteiger partial charge in [-0.3, -0.25) is 4.90 Å². The molecule has 2 aliphatic heterocycles. The van der Waals surface area contributed by atoms with Crippen LogP contribution in [-0.2, 0) is 21.3 Å². The Hall–Kier alpha value is -2.57. The summed E-state index contributed by atoms with van der Waals surface area (Å²) >= 11 is 0. The maximum absolute atomic E-state index is 11.8. The number of carbonyl (C=O) groups is 1. The predicted molar refractivity (Wildman–Crippen MR) is 132 cm³/mol. The van der Waals surface area contributed by atoms with E-state index >= 15 is 0 Å². The van der Waals surface area contributed by atoms with Crippen LogP contribution in [0.2, 0.25) is 0 Å². The summed E-state index contributed by atoms with van der Waals surface area (Å²) in [6, 6.07) is 16.5. The topological polar surface area (TPSA) is 68.2 Å². The van der Waals surface area contributed by atoms with Gasteiger partial charge in [0.2, 0.25) is 0 Å². The second-order valence-corrected chi connectivity index (χ2v) is 10.0. The highest BCUT2D eigenvalue weighted by atomic mass is 16.6. The minimum atomic E-state index is -0.277. The fraction of sp³-hybridized carbons (Fsp3) is 0.536. The minimum Gasteiger partial charge on any atom is -0.497 e. The largest absolute Gasteiger partial charge is 0.497 e. The molecule has 34 heavy (non-hydrogen) atoms. The van der Waals surface area contributed by atoms with Gasteiger partial charge >= 0.3 is 6.09 Å². The molecule has 2 aliphatic rings. The van der Waals surface area contributed by atoms with Gasteiger partial charge in [-0.15, -0.1) is 0 Å². The summed E-state index contributed by atoms with van der Waals surface area (Å²) in [4.78, 5) is 13.5. The highest BCUT2D eigenvalue weighted by molar-refractivity contribution is 5.89. The van der Waals surface area contributed by atoms with Gasteiger partial charge in [0.1, 0.15) is 12.4 Å². The van der Waals surface area contributed by atoms with Crippen LogP contribution in [-0.4, -0.2) is 50.3 Å². The first-order valence-corrected chi connectivity index (χ1v) is 12.3. The third kappa shape index (κ3) is 4.93. The monoisotopic (exact) mass is 467 g/mol. The Kier molecular flexibility index (Phi) is 7.48. The Balaban J connectivity index is 1.44. The van der Waals surface area contributed by atoms with Crippen molar-refractivity contribution in [3.8, 4) is 5.75 Å². The van der Waals surface area contributed by atoms with E-state index in [0.717, 1.165) is 24.3 Å². The van der Waals surface area contributed by atoms with Crippen LogP contribution in [0.1, 0.15) is 44.7 Å². The Bertz CT molecular complexity index is 956. The minimum absolute atomic E-state index is 0.0191. The molecule has 184 valence electrons. The van der Waals surface area contributed by atoms with Gasteiger partial charge in [0, 0.05) is 12.3 Å². The summed E-state index contributed by atoms with van der Waals surface area (Å²) in [7, 11) is 1.68. The average Bonchev–Trinajstić information content (AvgIpc) is 3.41. The molecule has 0 aliphatic carbocycles. The van der Waals surface area contributed by atoms with E-state index < -0.39 is 0 Å². The molecule has 0 bridgehead atoms. The first-order valence-electron chi connectivity index (χ1n) is 12.3. The summed E-state index contributed by atoms with van der Waals surface area (Å²) < 4.78 is 16.9. The molecule has 0 aromatic heterocycles. The van der Waals surface area contributed by atoms with Gasteiger partial charge in [-0.2, -0.15) is 0 Å². The number of aliphatic hydroxyl groups excluding tert-OH is 1. The third-order valence-electron chi connectivity index (χ3n) is 7.71. The van der Waals surface area contributed by atoms with E-state index in [9.17, 15) is 9.90 Å². The van der Waals surface area contributed by atoms with E-state index in [1.165, 1.54) is 11.1 Å². The highest BCUT2D eigenvalue weighted by Crippen LogP contribution is 2.47. The molecule has 4 rings (SSSR count). The molecule has 2 heterocycles. The summed E-state index contributed by atoms with van der Waals surface area (Å²) in [5.41, 5.74) is 3.25. The summed E-state index contributed by atoms with van der Waals surface area (Å²) in [5, 5.41) is 9.73. The van der Waals surface area contributed by atoms with Crippen molar-refractivity contribution in [3.63, 3.8) is 0 Å². The molecule has 6 heteroatoms. The van der Waals surface area contributed by atoms with Gasteiger partial charge in [0.25, 0.3) is 0 Å². The van der Waals surface area contributed by atoms with Crippen molar-refractivity contribution in [2.45, 2.75) is 57.7 Å². The Morgan fingerprint density at radius 2 is 1.76 bits per heavy atom. The molecule has 2 fully saturated rings. The second-order valence-electron chi connectivity index (χ2n) is 10.0. The second kappa shape index (κ2) is 10.4. The summed E-state index contributed by atoms with van der Waals surface area (Å²) in [5.74, 6) is 1.50. The van der Waals surface area contributed by atoms with E-state index in [1.807, 2.05) is 24.3 Å². The number of carbonyl (C=O) groups excluding carboxylic acids is 1. The van der Waals surface area contributed by atoms with E-state index in [2.05, 4.69) is 45.0 Å². The first-order chi connectivity index (χ1) is 16.3. The maximum Gasteiger partial charge on any atom is 0.414 e. The number of hydrogen-bond acceptors (Lipinski definition) is 5. The van der Waals surface area contributed by atoms with Gasteiger partial charge in [-0.05, 0) is 71.9 Å². The fourth-order valence-corrected chi connectivity index (χ4v) is 5.82. The van der Waals surface area contributed by atoms with Crippen molar-refractivity contribution in [2.75, 3.05) is 31.8 Å².